The molecule has 0 unspecified atom stereocenters. The molecule has 0 aromatic rings. The zero-order valence-electron chi connectivity index (χ0n) is 12.0. The zero-order valence-corrected chi connectivity index (χ0v) is 14.3. The summed E-state index contributed by atoms with van der Waals surface area (Å²) in [6, 6.07) is 0. The van der Waals surface area contributed by atoms with E-state index in [1.54, 1.807) is 19.0 Å². The van der Waals surface area contributed by atoms with Crippen LogP contribution in [0.5, 0.6) is 0 Å². The molecule has 0 aromatic heterocycles. The molecule has 2 N–H and O–H groups in total. The third-order valence-electron chi connectivity index (χ3n) is 2.29. The van der Waals surface area contributed by atoms with E-state index >= 15 is 0 Å². The lowest BCUT2D eigenvalue weighted by Gasteiger charge is -2.12. The number of unbranched alkanes of at least 4 members (excludes halogenated alkanes) is 2. The van der Waals surface area contributed by atoms with Gasteiger partial charge in [0.25, 0.3) is 0 Å². The number of rotatable bonds is 7. The zero-order chi connectivity index (χ0) is 13.1. The Morgan fingerprint density at radius 1 is 1.17 bits per heavy atom. The van der Waals surface area contributed by atoms with Crippen LogP contribution >= 0.6 is 24.0 Å². The predicted octanol–water partition coefficient (Wildman–Crippen LogP) is 1.44. The van der Waals surface area contributed by atoms with Crippen molar-refractivity contribution in [2.45, 2.75) is 33.1 Å². The van der Waals surface area contributed by atoms with Gasteiger partial charge in [0, 0.05) is 27.2 Å². The Morgan fingerprint density at radius 3 is 2.33 bits per heavy atom. The largest absolute Gasteiger partial charge is 0.357 e. The van der Waals surface area contributed by atoms with Crippen LogP contribution in [0.4, 0.5) is 0 Å². The molecular formula is C12H27IN4O. The number of nitrogens with zero attached hydrogens (tertiary/aromatic N) is 2. The molecule has 0 aliphatic carbocycles. The first-order valence-electron chi connectivity index (χ1n) is 6.34. The molecule has 0 aliphatic heterocycles. The minimum Gasteiger partial charge on any atom is -0.357 e. The lowest BCUT2D eigenvalue weighted by molar-refractivity contribution is -0.127. The number of carbonyl (C=O) groups is 1. The maximum Gasteiger partial charge on any atom is 0.243 e. The third kappa shape index (κ3) is 10.6. The first kappa shape index (κ1) is 19.8. The fourth-order valence-electron chi connectivity index (χ4n) is 1.21. The molecule has 5 nitrogen and oxygen atoms in total. The summed E-state index contributed by atoms with van der Waals surface area (Å²) >= 11 is 0. The van der Waals surface area contributed by atoms with Crippen LogP contribution in [0, 0.1) is 0 Å². The lowest BCUT2D eigenvalue weighted by atomic mass is 10.2. The van der Waals surface area contributed by atoms with Crippen LogP contribution in [0.15, 0.2) is 4.99 Å². The smallest absolute Gasteiger partial charge is 0.243 e. The summed E-state index contributed by atoms with van der Waals surface area (Å²) in [5.41, 5.74) is 0. The number of likely N-dealkylation sites (N-methyl/N-ethyl adjacent to an activating group) is 1. The van der Waals surface area contributed by atoms with Crippen molar-refractivity contribution in [2.24, 2.45) is 4.99 Å². The van der Waals surface area contributed by atoms with Crippen LogP contribution in [0.2, 0.25) is 0 Å². The highest BCUT2D eigenvalue weighted by molar-refractivity contribution is 14.0. The molecule has 6 heteroatoms. The van der Waals surface area contributed by atoms with Crippen LogP contribution in [0.25, 0.3) is 0 Å². The van der Waals surface area contributed by atoms with Gasteiger partial charge in [-0.25, -0.2) is 4.99 Å². The van der Waals surface area contributed by atoms with Gasteiger partial charge in [-0.15, -0.1) is 24.0 Å². The van der Waals surface area contributed by atoms with E-state index in [9.17, 15) is 4.79 Å². The molecule has 0 spiro atoms. The quantitative estimate of drug-likeness (QED) is 0.309. The molecule has 0 atom stereocenters. The van der Waals surface area contributed by atoms with Crippen molar-refractivity contribution in [2.75, 3.05) is 33.7 Å². The highest BCUT2D eigenvalue weighted by Gasteiger charge is 2.03. The van der Waals surface area contributed by atoms with Crippen molar-refractivity contribution >= 4 is 35.8 Å². The Hall–Kier alpha value is -0.530. The summed E-state index contributed by atoms with van der Waals surface area (Å²) in [4.78, 5) is 17.2. The van der Waals surface area contributed by atoms with Gasteiger partial charge in [-0.2, -0.15) is 0 Å². The maximum atomic E-state index is 11.4. The Labute approximate surface area is 128 Å². The van der Waals surface area contributed by atoms with E-state index in [0.717, 1.165) is 25.5 Å². The van der Waals surface area contributed by atoms with Gasteiger partial charge >= 0.3 is 0 Å². The normalized spacial score (nSPS) is 10.6. The number of guanidine groups is 1. The van der Waals surface area contributed by atoms with Crippen LogP contribution in [0.1, 0.15) is 33.1 Å². The molecule has 0 aliphatic rings. The van der Waals surface area contributed by atoms with E-state index in [-0.39, 0.29) is 36.4 Å². The Morgan fingerprint density at radius 2 is 1.83 bits per heavy atom. The second-order valence-corrected chi connectivity index (χ2v) is 4.12. The number of aliphatic imine (C=N–C) groups is 1. The second-order valence-electron chi connectivity index (χ2n) is 4.12. The van der Waals surface area contributed by atoms with E-state index in [1.807, 2.05) is 6.92 Å². The molecular weight excluding hydrogens is 343 g/mol. The van der Waals surface area contributed by atoms with Gasteiger partial charge in [-0.1, -0.05) is 19.8 Å². The van der Waals surface area contributed by atoms with Crippen molar-refractivity contribution in [3.05, 3.63) is 0 Å². The van der Waals surface area contributed by atoms with Crippen molar-refractivity contribution in [1.29, 1.82) is 0 Å². The van der Waals surface area contributed by atoms with Gasteiger partial charge in [0.05, 0.1) is 0 Å². The van der Waals surface area contributed by atoms with Crippen LogP contribution in [0.3, 0.4) is 0 Å². The lowest BCUT2D eigenvalue weighted by Crippen LogP contribution is -2.38. The summed E-state index contributed by atoms with van der Waals surface area (Å²) in [6.07, 6.45) is 3.54. The van der Waals surface area contributed by atoms with E-state index < -0.39 is 0 Å². The van der Waals surface area contributed by atoms with Gasteiger partial charge in [0.15, 0.2) is 5.96 Å². The van der Waals surface area contributed by atoms with Crippen LogP contribution < -0.4 is 10.6 Å². The highest BCUT2D eigenvalue weighted by atomic mass is 127. The minimum absolute atomic E-state index is 0. The number of hydrogen-bond acceptors (Lipinski definition) is 2. The number of halogens is 1. The maximum absolute atomic E-state index is 11.4. The summed E-state index contributed by atoms with van der Waals surface area (Å²) in [7, 11) is 3.47. The number of nitrogens with one attached hydrogen (secondary N) is 2. The monoisotopic (exact) mass is 370 g/mol. The summed E-state index contributed by atoms with van der Waals surface area (Å²) in [5, 5.41) is 6.34. The van der Waals surface area contributed by atoms with Gasteiger partial charge in [0.2, 0.25) is 5.91 Å². The van der Waals surface area contributed by atoms with Gasteiger partial charge < -0.3 is 15.5 Å². The third-order valence-corrected chi connectivity index (χ3v) is 2.29. The Kier molecular flexibility index (Phi) is 14.2. The number of amides is 1. The number of hydrogen-bond donors (Lipinski definition) is 2. The molecule has 0 rings (SSSR count). The van der Waals surface area contributed by atoms with Gasteiger partial charge in [-0.05, 0) is 13.3 Å². The van der Waals surface area contributed by atoms with Crippen LogP contribution in [-0.4, -0.2) is 50.5 Å². The minimum atomic E-state index is 0. The van der Waals surface area contributed by atoms with E-state index in [2.05, 4.69) is 22.5 Å². The van der Waals surface area contributed by atoms with E-state index in [0.29, 0.717) is 0 Å². The first-order chi connectivity index (χ1) is 8.11. The summed E-state index contributed by atoms with van der Waals surface area (Å²) in [6.45, 7) is 6.08. The molecule has 0 aromatic carbocycles. The average molecular weight is 370 g/mol. The standard InChI is InChI=1S/C12H26N4O.HI/c1-5-7-8-9-14-12(13-6-2)15-10-11(17)16(3)4;/h5-10H2,1-4H3,(H2,13,14,15);1H. The molecule has 18 heavy (non-hydrogen) atoms. The first-order valence-corrected chi connectivity index (χ1v) is 6.34. The molecule has 0 fully saturated rings. The molecule has 0 heterocycles. The molecule has 0 saturated carbocycles. The highest BCUT2D eigenvalue weighted by Crippen LogP contribution is 1.91. The topological polar surface area (TPSA) is 56.7 Å². The fourth-order valence-corrected chi connectivity index (χ4v) is 1.21. The molecule has 0 bridgehead atoms. The van der Waals surface area contributed by atoms with Gasteiger partial charge in [-0.3, -0.25) is 4.79 Å². The molecule has 1 amide bonds. The van der Waals surface area contributed by atoms with Crippen LogP contribution in [-0.2, 0) is 4.79 Å². The predicted molar refractivity (Wildman–Crippen MR) is 87.6 cm³/mol. The van der Waals surface area contributed by atoms with Crippen molar-refractivity contribution in [3.63, 3.8) is 0 Å². The Bertz CT molecular complexity index is 244. The van der Waals surface area contributed by atoms with Crippen molar-refractivity contribution in [3.8, 4) is 0 Å². The SMILES string of the molecule is CCCCCNC(=NCC(=O)N(C)C)NCC.I. The number of carbonyl (C=O) groups excluding carboxylic acids is 1. The van der Waals surface area contributed by atoms with Crippen molar-refractivity contribution < 1.29 is 4.79 Å². The summed E-state index contributed by atoms with van der Waals surface area (Å²) < 4.78 is 0. The summed E-state index contributed by atoms with van der Waals surface area (Å²) in [5.74, 6) is 0.731. The van der Waals surface area contributed by atoms with Crippen molar-refractivity contribution in [1.82, 2.24) is 15.5 Å². The molecule has 0 radical (unpaired) electrons. The van der Waals surface area contributed by atoms with E-state index in [1.165, 1.54) is 12.8 Å². The fraction of sp³-hybridized carbons (Fsp3) is 0.833. The Balaban J connectivity index is 0. The average Bonchev–Trinajstić information content (AvgIpc) is 2.30. The molecule has 108 valence electrons. The second kappa shape index (κ2) is 12.9. The molecule has 0 saturated heterocycles. The van der Waals surface area contributed by atoms with Gasteiger partial charge in [0.1, 0.15) is 6.54 Å². The van der Waals surface area contributed by atoms with E-state index in [4.69, 9.17) is 0 Å².